The third-order valence-electron chi connectivity index (χ3n) is 3.33. The topological polar surface area (TPSA) is 98.4 Å². The zero-order valence-corrected chi connectivity index (χ0v) is 11.5. The van der Waals surface area contributed by atoms with Crippen molar-refractivity contribution in [3.8, 4) is 0 Å². The van der Waals surface area contributed by atoms with Crippen molar-refractivity contribution in [2.45, 2.75) is 6.92 Å². The highest BCUT2D eigenvalue weighted by Crippen LogP contribution is 2.28. The van der Waals surface area contributed by atoms with Crippen molar-refractivity contribution in [1.82, 2.24) is 9.61 Å². The van der Waals surface area contributed by atoms with Gasteiger partial charge in [0.15, 0.2) is 0 Å². The molecular formula is C15H15N5O. The highest BCUT2D eigenvalue weighted by atomic mass is 16.1. The van der Waals surface area contributed by atoms with Crippen LogP contribution < -0.4 is 16.8 Å². The number of carbonyl (C=O) groups excluding carboxylic acids is 1. The van der Waals surface area contributed by atoms with Gasteiger partial charge in [-0.05, 0) is 24.6 Å². The van der Waals surface area contributed by atoms with Crippen molar-refractivity contribution < 1.29 is 4.79 Å². The molecule has 0 aliphatic rings. The minimum atomic E-state index is -0.541. The lowest BCUT2D eigenvalue weighted by Gasteiger charge is -2.13. The second-order valence-corrected chi connectivity index (χ2v) is 4.84. The van der Waals surface area contributed by atoms with E-state index in [-0.39, 0.29) is 0 Å². The number of amides is 1. The number of aryl methyl sites for hydroxylation is 1. The van der Waals surface area contributed by atoms with E-state index >= 15 is 0 Å². The lowest BCUT2D eigenvalue weighted by molar-refractivity contribution is 0.100. The first-order chi connectivity index (χ1) is 10.1. The number of benzene rings is 1. The molecule has 1 amide bonds. The van der Waals surface area contributed by atoms with E-state index in [0.717, 1.165) is 11.3 Å². The number of hydrogen-bond acceptors (Lipinski definition) is 4. The minimum Gasteiger partial charge on any atom is -0.397 e. The maximum Gasteiger partial charge on any atom is 0.252 e. The van der Waals surface area contributed by atoms with Crippen molar-refractivity contribution in [3.63, 3.8) is 0 Å². The first-order valence-corrected chi connectivity index (χ1v) is 6.45. The van der Waals surface area contributed by atoms with Gasteiger partial charge in [-0.1, -0.05) is 18.2 Å². The molecule has 5 N–H and O–H groups in total. The van der Waals surface area contributed by atoms with Gasteiger partial charge in [-0.2, -0.15) is 5.10 Å². The number of hydrogen-bond donors (Lipinski definition) is 3. The maximum atomic E-state index is 11.6. The summed E-state index contributed by atoms with van der Waals surface area (Å²) in [6.45, 7) is 1.98. The smallest absolute Gasteiger partial charge is 0.252 e. The summed E-state index contributed by atoms with van der Waals surface area (Å²) < 4.78 is 1.61. The van der Waals surface area contributed by atoms with Crippen LogP contribution in [0.1, 0.15) is 15.9 Å². The zero-order chi connectivity index (χ0) is 15.0. The van der Waals surface area contributed by atoms with Gasteiger partial charge in [-0.3, -0.25) is 4.79 Å². The molecule has 0 saturated carbocycles. The number of nitrogen functional groups attached to an aromatic ring is 1. The summed E-state index contributed by atoms with van der Waals surface area (Å²) in [6, 6.07) is 9.54. The molecule has 0 bridgehead atoms. The van der Waals surface area contributed by atoms with E-state index in [4.69, 9.17) is 11.5 Å². The van der Waals surface area contributed by atoms with Gasteiger partial charge in [0.25, 0.3) is 5.91 Å². The number of primary amides is 1. The van der Waals surface area contributed by atoms with Gasteiger partial charge >= 0.3 is 0 Å². The number of rotatable bonds is 3. The fourth-order valence-electron chi connectivity index (χ4n) is 2.24. The number of nitrogens with zero attached hydrogens (tertiary/aromatic N) is 2. The Kier molecular flexibility index (Phi) is 2.98. The van der Waals surface area contributed by atoms with E-state index in [2.05, 4.69) is 10.4 Å². The van der Waals surface area contributed by atoms with E-state index in [1.165, 1.54) is 6.20 Å². The molecule has 0 aliphatic heterocycles. The van der Waals surface area contributed by atoms with Crippen molar-refractivity contribution in [2.75, 3.05) is 11.1 Å². The largest absolute Gasteiger partial charge is 0.397 e. The molecule has 2 aromatic heterocycles. The van der Waals surface area contributed by atoms with Crippen LogP contribution in [0.3, 0.4) is 0 Å². The average Bonchev–Trinajstić information content (AvgIpc) is 2.82. The van der Waals surface area contributed by atoms with Gasteiger partial charge in [0.2, 0.25) is 0 Å². The van der Waals surface area contributed by atoms with Crippen LogP contribution in [-0.4, -0.2) is 15.5 Å². The van der Waals surface area contributed by atoms with Gasteiger partial charge < -0.3 is 16.8 Å². The Hall–Kier alpha value is -3.02. The Balaban J connectivity index is 2.21. The molecule has 6 heteroatoms. The van der Waals surface area contributed by atoms with Gasteiger partial charge in [0.1, 0.15) is 0 Å². The molecule has 2 heterocycles. The molecule has 0 spiro atoms. The summed E-state index contributed by atoms with van der Waals surface area (Å²) in [4.78, 5) is 11.6. The van der Waals surface area contributed by atoms with Crippen LogP contribution in [0.25, 0.3) is 5.52 Å². The van der Waals surface area contributed by atoms with E-state index < -0.39 is 5.91 Å². The lowest BCUT2D eigenvalue weighted by atomic mass is 10.1. The van der Waals surface area contributed by atoms with Crippen molar-refractivity contribution in [2.24, 2.45) is 5.73 Å². The Bertz CT molecular complexity index is 837. The molecule has 0 saturated heterocycles. The van der Waals surface area contributed by atoms with Crippen LogP contribution in [0.2, 0.25) is 0 Å². The first-order valence-electron chi connectivity index (χ1n) is 6.45. The standard InChI is InChI=1S/C15H15N5O/c1-9-4-2-3-5-12(9)19-14-11(15(17)21)7-18-20-8-10(16)6-13(14)20/h2-8,19H,16H2,1H3,(H2,17,21). The SMILES string of the molecule is Cc1ccccc1Nc1c(C(N)=O)cnn2cc(N)cc12. The maximum absolute atomic E-state index is 11.6. The Labute approximate surface area is 121 Å². The summed E-state index contributed by atoms with van der Waals surface area (Å²) in [7, 11) is 0. The first kappa shape index (κ1) is 13.0. The molecule has 106 valence electrons. The minimum absolute atomic E-state index is 0.323. The van der Waals surface area contributed by atoms with Crippen molar-refractivity contribution in [3.05, 3.63) is 53.9 Å². The molecule has 3 aromatic rings. The number of anilines is 3. The quantitative estimate of drug-likeness (QED) is 0.684. The number of nitrogens with one attached hydrogen (secondary N) is 1. The van der Waals surface area contributed by atoms with Crippen LogP contribution in [-0.2, 0) is 0 Å². The van der Waals surface area contributed by atoms with Crippen LogP contribution >= 0.6 is 0 Å². The average molecular weight is 281 g/mol. The molecule has 3 rings (SSSR count). The Morgan fingerprint density at radius 3 is 2.81 bits per heavy atom. The van der Waals surface area contributed by atoms with E-state index in [9.17, 15) is 4.79 Å². The monoisotopic (exact) mass is 281 g/mol. The van der Waals surface area contributed by atoms with Gasteiger partial charge in [-0.15, -0.1) is 0 Å². The number of aromatic nitrogens is 2. The van der Waals surface area contributed by atoms with Crippen LogP contribution in [0.4, 0.5) is 17.1 Å². The normalized spacial score (nSPS) is 10.7. The van der Waals surface area contributed by atoms with Crippen LogP contribution in [0.15, 0.2) is 42.7 Å². The number of fused-ring (bicyclic) bond motifs is 1. The highest BCUT2D eigenvalue weighted by Gasteiger charge is 2.15. The summed E-state index contributed by atoms with van der Waals surface area (Å²) in [5, 5.41) is 7.41. The lowest BCUT2D eigenvalue weighted by Crippen LogP contribution is -2.15. The summed E-state index contributed by atoms with van der Waals surface area (Å²) >= 11 is 0. The van der Waals surface area contributed by atoms with Crippen molar-refractivity contribution >= 4 is 28.5 Å². The summed E-state index contributed by atoms with van der Waals surface area (Å²) in [6.07, 6.45) is 3.12. The summed E-state index contributed by atoms with van der Waals surface area (Å²) in [5.41, 5.74) is 15.4. The second kappa shape index (κ2) is 4.82. The molecule has 1 aromatic carbocycles. The predicted molar refractivity (Wildman–Crippen MR) is 82.6 cm³/mol. The fourth-order valence-corrected chi connectivity index (χ4v) is 2.24. The molecule has 0 radical (unpaired) electrons. The Morgan fingerprint density at radius 1 is 1.33 bits per heavy atom. The van der Waals surface area contributed by atoms with Gasteiger partial charge in [0, 0.05) is 5.69 Å². The number of nitrogens with two attached hydrogens (primary N) is 2. The molecule has 0 unspecified atom stereocenters. The van der Waals surface area contributed by atoms with Gasteiger partial charge in [0.05, 0.1) is 34.8 Å². The highest BCUT2D eigenvalue weighted by molar-refractivity contribution is 6.03. The third kappa shape index (κ3) is 2.27. The Morgan fingerprint density at radius 2 is 2.10 bits per heavy atom. The summed E-state index contributed by atoms with van der Waals surface area (Å²) in [5.74, 6) is -0.541. The molecule has 0 atom stereocenters. The predicted octanol–water partition coefficient (Wildman–Crippen LogP) is 2.07. The molecular weight excluding hydrogens is 266 g/mol. The molecule has 6 nitrogen and oxygen atoms in total. The third-order valence-corrected chi connectivity index (χ3v) is 3.33. The second-order valence-electron chi connectivity index (χ2n) is 4.84. The molecule has 0 fully saturated rings. The van der Waals surface area contributed by atoms with Crippen LogP contribution in [0.5, 0.6) is 0 Å². The number of carbonyl (C=O) groups is 1. The van der Waals surface area contributed by atoms with Crippen molar-refractivity contribution in [1.29, 1.82) is 0 Å². The number of para-hydroxylation sites is 1. The van der Waals surface area contributed by atoms with Crippen LogP contribution in [0, 0.1) is 6.92 Å². The van der Waals surface area contributed by atoms with E-state index in [1.54, 1.807) is 16.8 Å². The molecule has 0 aliphatic carbocycles. The van der Waals surface area contributed by atoms with E-state index in [0.29, 0.717) is 22.5 Å². The van der Waals surface area contributed by atoms with Gasteiger partial charge in [-0.25, -0.2) is 4.52 Å². The fraction of sp³-hybridized carbons (Fsp3) is 0.0667. The zero-order valence-electron chi connectivity index (χ0n) is 11.5. The molecule has 21 heavy (non-hydrogen) atoms. The van der Waals surface area contributed by atoms with E-state index in [1.807, 2.05) is 31.2 Å².